The summed E-state index contributed by atoms with van der Waals surface area (Å²) < 4.78 is 38.0. The monoisotopic (exact) mass is 814 g/mol. The van der Waals surface area contributed by atoms with Crippen molar-refractivity contribution in [3.8, 4) is 0 Å². The predicted octanol–water partition coefficient (Wildman–Crippen LogP) is 8.47. The largest absolute Gasteiger partial charge is 0.454 e. The summed E-state index contributed by atoms with van der Waals surface area (Å²) in [5, 5.41) is 15.6. The zero-order chi connectivity index (χ0) is 42.1. The van der Waals surface area contributed by atoms with Crippen molar-refractivity contribution >= 4 is 11.9 Å². The fourth-order valence-electron chi connectivity index (χ4n) is 7.01. The van der Waals surface area contributed by atoms with Crippen LogP contribution in [0.2, 0.25) is 0 Å². The number of ether oxygens (including phenoxy) is 6. The van der Waals surface area contributed by atoms with Crippen molar-refractivity contribution in [1.29, 1.82) is 0 Å². The highest BCUT2D eigenvalue weighted by atomic mass is 16.7. The lowest BCUT2D eigenvalue weighted by molar-refractivity contribution is -0.300. The van der Waals surface area contributed by atoms with Gasteiger partial charge in [-0.1, -0.05) is 118 Å². The van der Waals surface area contributed by atoms with Crippen molar-refractivity contribution in [1.82, 2.24) is 0 Å². The van der Waals surface area contributed by atoms with Gasteiger partial charge in [0.15, 0.2) is 18.5 Å². The molecule has 0 spiro atoms. The number of esters is 2. The Balaban J connectivity index is 1.43. The standard InChI is InChI=1S/C40H38N12O8/c41-49-45-22-31-35(55-23-25-13-5-1-6-14-25)36(56-24-26-15-7-2-8-16-26)32(48-52-44)40(57-31)60-34-30(47-51-43)21-29(46-50-42)33(58-38(53)27-17-9-3-10-18-27)37(34)59-39(54)28-19-11-4-12-20-28/h1-20,29-37,40H,21-24H2/t29-,30+,31-,32-,33+,34-,35-,36-,37-,40-/m1/s1. The highest BCUT2D eigenvalue weighted by molar-refractivity contribution is 5.90. The van der Waals surface area contributed by atoms with Gasteiger partial charge in [-0.15, -0.1) is 0 Å². The predicted molar refractivity (Wildman–Crippen MR) is 212 cm³/mol. The zero-order valence-corrected chi connectivity index (χ0v) is 31.8. The highest BCUT2D eigenvalue weighted by Crippen LogP contribution is 2.37. The summed E-state index contributed by atoms with van der Waals surface area (Å²) in [6.07, 6.45) is -9.72. The fourth-order valence-corrected chi connectivity index (χ4v) is 7.01. The lowest BCUT2D eigenvalue weighted by Crippen LogP contribution is -2.64. The van der Waals surface area contributed by atoms with E-state index in [9.17, 15) is 31.7 Å². The molecule has 2 aliphatic rings. The molecular weight excluding hydrogens is 777 g/mol. The maximum atomic E-state index is 13.8. The van der Waals surface area contributed by atoms with Crippen molar-refractivity contribution in [2.24, 2.45) is 20.5 Å². The number of rotatable bonds is 17. The average Bonchev–Trinajstić information content (AvgIpc) is 3.28. The fraction of sp³-hybridized carbons (Fsp3) is 0.350. The Labute approximate surface area is 342 Å². The van der Waals surface area contributed by atoms with Gasteiger partial charge < -0.3 is 28.4 Å². The second kappa shape index (κ2) is 21.6. The zero-order valence-electron chi connectivity index (χ0n) is 31.8. The van der Waals surface area contributed by atoms with Gasteiger partial charge in [-0.05, 0) is 63.9 Å². The van der Waals surface area contributed by atoms with Crippen LogP contribution in [-0.4, -0.2) is 79.5 Å². The van der Waals surface area contributed by atoms with Gasteiger partial charge in [0.1, 0.15) is 24.4 Å². The molecule has 0 aromatic heterocycles. The van der Waals surface area contributed by atoms with Gasteiger partial charge in [-0.25, -0.2) is 9.59 Å². The maximum absolute atomic E-state index is 13.8. The van der Waals surface area contributed by atoms with Crippen molar-refractivity contribution < 1.29 is 38.0 Å². The molecule has 10 atom stereocenters. The molecule has 306 valence electrons. The Morgan fingerprint density at radius 2 is 1.03 bits per heavy atom. The van der Waals surface area contributed by atoms with E-state index in [1.807, 2.05) is 60.7 Å². The van der Waals surface area contributed by atoms with Gasteiger partial charge in [0.2, 0.25) is 0 Å². The third-order valence-corrected chi connectivity index (χ3v) is 9.78. The minimum Gasteiger partial charge on any atom is -0.454 e. The third-order valence-electron chi connectivity index (χ3n) is 9.78. The Kier molecular flexibility index (Phi) is 15.3. The summed E-state index contributed by atoms with van der Waals surface area (Å²) in [7, 11) is 0. The molecule has 0 unspecified atom stereocenters. The minimum absolute atomic E-state index is 0.0164. The van der Waals surface area contributed by atoms with E-state index in [2.05, 4.69) is 40.1 Å². The van der Waals surface area contributed by atoms with Crippen molar-refractivity contribution in [2.45, 2.75) is 80.7 Å². The molecule has 1 saturated carbocycles. The van der Waals surface area contributed by atoms with Gasteiger partial charge in [-0.3, -0.25) is 0 Å². The smallest absolute Gasteiger partial charge is 0.338 e. The molecular formula is C40H38N12O8. The molecule has 20 heteroatoms. The lowest BCUT2D eigenvalue weighted by atomic mass is 9.83. The van der Waals surface area contributed by atoms with E-state index < -0.39 is 73.0 Å². The van der Waals surface area contributed by atoms with Gasteiger partial charge in [0, 0.05) is 19.6 Å². The summed E-state index contributed by atoms with van der Waals surface area (Å²) in [4.78, 5) is 39.4. The van der Waals surface area contributed by atoms with Crippen LogP contribution in [0, 0.1) is 0 Å². The molecule has 1 aliphatic heterocycles. The summed E-state index contributed by atoms with van der Waals surface area (Å²) in [6, 6.07) is 30.4. The Morgan fingerprint density at radius 1 is 0.567 bits per heavy atom. The van der Waals surface area contributed by atoms with E-state index in [1.165, 1.54) is 24.3 Å². The van der Waals surface area contributed by atoms with Crippen LogP contribution in [0.4, 0.5) is 0 Å². The Morgan fingerprint density at radius 3 is 1.53 bits per heavy atom. The molecule has 4 aromatic carbocycles. The topological polar surface area (TPSA) is 285 Å². The van der Waals surface area contributed by atoms with Crippen molar-refractivity contribution in [3.63, 3.8) is 0 Å². The molecule has 1 saturated heterocycles. The first-order valence-corrected chi connectivity index (χ1v) is 18.7. The molecule has 2 fully saturated rings. The number of hydrogen-bond donors (Lipinski definition) is 0. The van der Waals surface area contributed by atoms with Crippen LogP contribution in [0.5, 0.6) is 0 Å². The second-order valence-corrected chi connectivity index (χ2v) is 13.5. The molecule has 4 aromatic rings. The van der Waals surface area contributed by atoms with Crippen LogP contribution in [0.3, 0.4) is 0 Å². The number of nitrogens with zero attached hydrogens (tertiary/aromatic N) is 12. The summed E-state index contributed by atoms with van der Waals surface area (Å²) in [5.41, 5.74) is 40.6. The van der Waals surface area contributed by atoms with Crippen LogP contribution in [0.25, 0.3) is 41.8 Å². The third kappa shape index (κ3) is 10.9. The van der Waals surface area contributed by atoms with Crippen LogP contribution in [-0.2, 0) is 41.6 Å². The van der Waals surface area contributed by atoms with Crippen LogP contribution < -0.4 is 0 Å². The first kappa shape index (κ1) is 42.5. The average molecular weight is 815 g/mol. The normalized spacial score (nSPS) is 25.7. The van der Waals surface area contributed by atoms with E-state index >= 15 is 0 Å². The molecule has 6 rings (SSSR count). The maximum Gasteiger partial charge on any atom is 0.338 e. The number of benzene rings is 4. The van der Waals surface area contributed by atoms with Gasteiger partial charge in [-0.2, -0.15) is 0 Å². The molecule has 20 nitrogen and oxygen atoms in total. The van der Waals surface area contributed by atoms with Crippen molar-refractivity contribution in [2.75, 3.05) is 6.54 Å². The summed E-state index contributed by atoms with van der Waals surface area (Å²) in [5.74, 6) is -1.73. The summed E-state index contributed by atoms with van der Waals surface area (Å²) >= 11 is 0. The molecule has 60 heavy (non-hydrogen) atoms. The molecule has 1 heterocycles. The van der Waals surface area contributed by atoms with Gasteiger partial charge in [0.05, 0.1) is 49.1 Å². The highest BCUT2D eigenvalue weighted by Gasteiger charge is 2.54. The Bertz CT molecular complexity index is 2240. The quantitative estimate of drug-likeness (QED) is 0.0430. The molecule has 0 radical (unpaired) electrons. The van der Waals surface area contributed by atoms with E-state index in [1.54, 1.807) is 36.4 Å². The molecule has 1 aliphatic carbocycles. The number of carbonyl (C=O) groups excluding carboxylic acids is 2. The first-order chi connectivity index (χ1) is 29.4. The van der Waals surface area contributed by atoms with Crippen LogP contribution in [0.1, 0.15) is 38.3 Å². The first-order valence-electron chi connectivity index (χ1n) is 18.7. The number of hydrogen-bond acceptors (Lipinski definition) is 12. The molecule has 0 N–H and O–H groups in total. The van der Waals surface area contributed by atoms with E-state index in [0.29, 0.717) is 0 Å². The van der Waals surface area contributed by atoms with Crippen LogP contribution in [0.15, 0.2) is 142 Å². The van der Waals surface area contributed by atoms with E-state index in [-0.39, 0.29) is 37.3 Å². The SMILES string of the molecule is [N-]=[N+]=NC[C@H]1O[C@H](O[C@H]2[C@H](OC(=O)c3ccccc3)[C@@H](OC(=O)c3ccccc3)[C@H](N=[N+]=[N-])C[C@@H]2N=[N+]=[N-])[C@H](N=[N+]=[N-])[C@@H](OCc2ccccc2)[C@@H]1OCc1ccccc1. The van der Waals surface area contributed by atoms with Gasteiger partial charge >= 0.3 is 11.9 Å². The second-order valence-electron chi connectivity index (χ2n) is 13.5. The lowest BCUT2D eigenvalue weighted by Gasteiger charge is -2.48. The van der Waals surface area contributed by atoms with Crippen LogP contribution >= 0.6 is 0 Å². The molecule has 0 bridgehead atoms. The van der Waals surface area contributed by atoms with E-state index in [0.717, 1.165) is 11.1 Å². The van der Waals surface area contributed by atoms with E-state index in [4.69, 9.17) is 28.4 Å². The van der Waals surface area contributed by atoms with Crippen molar-refractivity contribution in [3.05, 3.63) is 185 Å². The Hall–Kier alpha value is -7.10. The number of carbonyl (C=O) groups is 2. The van der Waals surface area contributed by atoms with Gasteiger partial charge in [0.25, 0.3) is 0 Å². The summed E-state index contributed by atoms with van der Waals surface area (Å²) in [6.45, 7) is -0.213. The molecule has 0 amide bonds. The number of azide groups is 4. The minimum atomic E-state index is -1.63.